The van der Waals surface area contributed by atoms with Crippen LogP contribution in [0.3, 0.4) is 0 Å². The maximum atomic E-state index is 14.0. The second-order valence-corrected chi connectivity index (χ2v) is 11.9. The number of esters is 1. The quantitative estimate of drug-likeness (QED) is 0.225. The summed E-state index contributed by atoms with van der Waals surface area (Å²) in [4.78, 5) is 46.4. The topological polar surface area (TPSA) is 101 Å². The van der Waals surface area contributed by atoms with Crippen molar-refractivity contribution in [3.05, 3.63) is 95.7 Å². The van der Waals surface area contributed by atoms with Gasteiger partial charge in [-0.2, -0.15) is 0 Å². The predicted molar refractivity (Wildman–Crippen MR) is 167 cm³/mol. The highest BCUT2D eigenvalue weighted by Gasteiger charge is 2.37. The largest absolute Gasteiger partial charge is 0.462 e. The molecule has 2 amide bonds. The van der Waals surface area contributed by atoms with Crippen LogP contribution in [0.15, 0.2) is 84.0 Å². The second kappa shape index (κ2) is 15.0. The Morgan fingerprint density at radius 2 is 1.58 bits per heavy atom. The molecule has 0 aliphatic carbocycles. The molecule has 2 heterocycles. The van der Waals surface area contributed by atoms with Crippen LogP contribution < -0.4 is 5.32 Å². The summed E-state index contributed by atoms with van der Waals surface area (Å²) in [5, 5.41) is 3.49. The van der Waals surface area contributed by atoms with Crippen LogP contribution in [0.1, 0.15) is 61.5 Å². The molecule has 1 saturated heterocycles. The van der Waals surface area contributed by atoms with Gasteiger partial charge in [-0.25, -0.2) is 18.9 Å². The van der Waals surface area contributed by atoms with E-state index in [-0.39, 0.29) is 29.0 Å². The summed E-state index contributed by atoms with van der Waals surface area (Å²) < 4.78 is 12.7. The smallest absolute Gasteiger partial charge is 0.421 e. The Labute approximate surface area is 258 Å². The Kier molecular flexibility index (Phi) is 11.2. The summed E-state index contributed by atoms with van der Waals surface area (Å²) in [5.41, 5.74) is 1.51. The third kappa shape index (κ3) is 8.58. The highest BCUT2D eigenvalue weighted by Crippen LogP contribution is 2.36. The number of nitrogens with one attached hydrogen (secondary N) is 1. The van der Waals surface area contributed by atoms with Crippen LogP contribution in [-0.4, -0.2) is 76.6 Å². The Morgan fingerprint density at radius 3 is 2.16 bits per heavy atom. The lowest BCUT2D eigenvalue weighted by Gasteiger charge is -2.36. The zero-order valence-corrected chi connectivity index (χ0v) is 26.0. The number of carbonyl (C=O) groups is 3. The zero-order valence-electron chi connectivity index (χ0n) is 25.2. The molecule has 0 bridgehead atoms. The number of hydrogen-bond acceptors (Lipinski definition) is 8. The average Bonchev–Trinajstić information content (AvgIpc) is 3.03. The van der Waals surface area contributed by atoms with Crippen molar-refractivity contribution in [3.63, 3.8) is 0 Å². The zero-order chi connectivity index (χ0) is 30.8. The molecule has 1 atom stereocenters. The molecule has 0 unspecified atom stereocenters. The van der Waals surface area contributed by atoms with Gasteiger partial charge in [0, 0.05) is 50.2 Å². The molecule has 1 aromatic heterocycles. The van der Waals surface area contributed by atoms with Gasteiger partial charge in [-0.3, -0.25) is 4.79 Å². The van der Waals surface area contributed by atoms with E-state index in [4.69, 9.17) is 9.47 Å². The molecule has 2 aromatic carbocycles. The van der Waals surface area contributed by atoms with E-state index in [1.165, 1.54) is 10.5 Å². The summed E-state index contributed by atoms with van der Waals surface area (Å²) >= 11 is 0.914. The monoisotopic (exact) mass is 604 g/mol. The van der Waals surface area contributed by atoms with Crippen LogP contribution in [0.5, 0.6) is 0 Å². The average molecular weight is 605 g/mol. The molecule has 0 spiro atoms. The number of rotatable bonds is 11. The fourth-order valence-electron chi connectivity index (χ4n) is 5.06. The van der Waals surface area contributed by atoms with Gasteiger partial charge in [-0.05, 0) is 57.4 Å². The van der Waals surface area contributed by atoms with Gasteiger partial charge < -0.3 is 19.7 Å². The Balaban J connectivity index is 1.62. The second-order valence-electron chi connectivity index (χ2n) is 11.0. The van der Waals surface area contributed by atoms with Crippen LogP contribution in [-0.2, 0) is 14.3 Å². The first-order valence-electron chi connectivity index (χ1n) is 14.6. The number of pyridine rings is 1. The highest BCUT2D eigenvalue weighted by molar-refractivity contribution is 7.97. The van der Waals surface area contributed by atoms with E-state index < -0.39 is 23.7 Å². The van der Waals surface area contributed by atoms with Crippen molar-refractivity contribution < 1.29 is 23.9 Å². The lowest BCUT2D eigenvalue weighted by molar-refractivity contribution is -0.135. The molecule has 4 rings (SSSR count). The molecule has 43 heavy (non-hydrogen) atoms. The highest BCUT2D eigenvalue weighted by atomic mass is 32.2. The molecule has 1 fully saturated rings. The van der Waals surface area contributed by atoms with Crippen molar-refractivity contribution in [1.29, 1.82) is 0 Å². The number of carbonyl (C=O) groups excluding carboxylic acids is 3. The first kappa shape index (κ1) is 32.0. The SMILES string of the molecule is CCOC(=O)c1cccnc1SN(C(=O)OC(C)(C)CC(c1ccccc1)c1ccccc1)[C@H](C)C(=O)N1CCNCC1. The summed E-state index contributed by atoms with van der Waals surface area (Å²) in [7, 11) is 0. The normalized spacial score (nSPS) is 14.2. The van der Waals surface area contributed by atoms with E-state index in [1.54, 1.807) is 30.9 Å². The number of benzene rings is 2. The minimum Gasteiger partial charge on any atom is -0.462 e. The minimum atomic E-state index is -0.919. The van der Waals surface area contributed by atoms with Crippen molar-refractivity contribution in [2.24, 2.45) is 0 Å². The van der Waals surface area contributed by atoms with Gasteiger partial charge in [0.15, 0.2) is 0 Å². The molecule has 228 valence electrons. The van der Waals surface area contributed by atoms with E-state index in [1.807, 2.05) is 50.2 Å². The fourth-order valence-corrected chi connectivity index (χ4v) is 5.96. The Morgan fingerprint density at radius 1 is 0.977 bits per heavy atom. The minimum absolute atomic E-state index is 0.0302. The van der Waals surface area contributed by atoms with Gasteiger partial charge >= 0.3 is 12.1 Å². The van der Waals surface area contributed by atoms with Gasteiger partial charge in [0.1, 0.15) is 16.7 Å². The Bertz CT molecular complexity index is 1330. The van der Waals surface area contributed by atoms with Gasteiger partial charge in [0.25, 0.3) is 0 Å². The maximum Gasteiger partial charge on any atom is 0.421 e. The molecular formula is C33H40N4O5S. The van der Waals surface area contributed by atoms with Crippen LogP contribution in [0, 0.1) is 0 Å². The molecule has 1 aliphatic rings. The first-order valence-corrected chi connectivity index (χ1v) is 15.4. The summed E-state index contributed by atoms with van der Waals surface area (Å²) in [5.74, 6) is -0.789. The molecule has 1 N–H and O–H groups in total. The van der Waals surface area contributed by atoms with Crippen molar-refractivity contribution in [2.45, 2.75) is 56.7 Å². The van der Waals surface area contributed by atoms with E-state index in [2.05, 4.69) is 34.6 Å². The van der Waals surface area contributed by atoms with Crippen LogP contribution in [0.4, 0.5) is 4.79 Å². The standard InChI is InChI=1S/C33H40N4O5S/c1-5-41-31(39)27-17-12-18-35-29(27)43-37(24(2)30(38)36-21-19-34-20-22-36)32(40)42-33(3,4)23-28(25-13-8-6-9-14-25)26-15-10-7-11-16-26/h6-18,24,28,34H,5,19-23H2,1-4H3/t24-/m1/s1. The summed E-state index contributed by atoms with van der Waals surface area (Å²) in [6.07, 6.45) is 1.35. The number of amides is 2. The van der Waals surface area contributed by atoms with Gasteiger partial charge in [-0.1, -0.05) is 60.7 Å². The lowest BCUT2D eigenvalue weighted by atomic mass is 9.83. The van der Waals surface area contributed by atoms with E-state index in [0.29, 0.717) is 32.6 Å². The molecule has 10 heteroatoms. The predicted octanol–water partition coefficient (Wildman–Crippen LogP) is 5.53. The van der Waals surface area contributed by atoms with E-state index in [0.717, 1.165) is 23.1 Å². The molecule has 0 saturated carbocycles. The van der Waals surface area contributed by atoms with Crippen LogP contribution in [0.2, 0.25) is 0 Å². The Hall–Kier alpha value is -3.89. The first-order chi connectivity index (χ1) is 20.7. The molecule has 3 aromatic rings. The molecule has 9 nitrogen and oxygen atoms in total. The van der Waals surface area contributed by atoms with Gasteiger partial charge in [0.05, 0.1) is 12.2 Å². The summed E-state index contributed by atoms with van der Waals surface area (Å²) in [6.45, 7) is 9.77. The molecule has 1 aliphatic heterocycles. The van der Waals surface area contributed by atoms with Crippen molar-refractivity contribution in [1.82, 2.24) is 19.5 Å². The number of hydrogen-bond donors (Lipinski definition) is 1. The third-order valence-corrected chi connectivity index (χ3v) is 8.39. The third-order valence-electron chi connectivity index (χ3n) is 7.23. The lowest BCUT2D eigenvalue weighted by Crippen LogP contribution is -2.53. The van der Waals surface area contributed by atoms with Gasteiger partial charge in [0.2, 0.25) is 5.91 Å². The number of aromatic nitrogens is 1. The number of ether oxygens (including phenoxy) is 2. The van der Waals surface area contributed by atoms with E-state index >= 15 is 0 Å². The van der Waals surface area contributed by atoms with Crippen LogP contribution in [0.25, 0.3) is 0 Å². The van der Waals surface area contributed by atoms with Crippen molar-refractivity contribution in [3.8, 4) is 0 Å². The van der Waals surface area contributed by atoms with Crippen molar-refractivity contribution >= 4 is 29.9 Å². The van der Waals surface area contributed by atoms with E-state index in [9.17, 15) is 14.4 Å². The number of nitrogens with zero attached hydrogens (tertiary/aromatic N) is 3. The number of piperazine rings is 1. The molecule has 0 radical (unpaired) electrons. The van der Waals surface area contributed by atoms with Gasteiger partial charge in [-0.15, -0.1) is 0 Å². The van der Waals surface area contributed by atoms with Crippen molar-refractivity contribution in [2.75, 3.05) is 32.8 Å². The fraction of sp³-hybridized carbons (Fsp3) is 0.394. The summed E-state index contributed by atoms with van der Waals surface area (Å²) in [6, 6.07) is 22.6. The molecular weight excluding hydrogens is 564 g/mol. The maximum absolute atomic E-state index is 14.0. The van der Waals surface area contributed by atoms with Crippen LogP contribution >= 0.6 is 11.9 Å².